The lowest BCUT2D eigenvalue weighted by molar-refractivity contribution is -0.141. The highest BCUT2D eigenvalue weighted by molar-refractivity contribution is 6.42. The molecule has 0 aliphatic carbocycles. The summed E-state index contributed by atoms with van der Waals surface area (Å²) in [5, 5.41) is 10.0. The van der Waals surface area contributed by atoms with Gasteiger partial charge >= 0.3 is 5.97 Å². The second-order valence-electron chi connectivity index (χ2n) is 6.16. The molecule has 0 radical (unpaired) electrons. The lowest BCUT2D eigenvalue weighted by atomic mass is 10.1. The summed E-state index contributed by atoms with van der Waals surface area (Å²) in [5.41, 5.74) is 1.70. The number of likely N-dealkylation sites (tertiary alicyclic amines) is 1. The number of rotatable bonds is 6. The number of carboxylic acid groups (broad SMARTS) is 1. The molecular formula is C19H17Cl2NO4. The van der Waals surface area contributed by atoms with Crippen molar-refractivity contribution in [1.82, 2.24) is 4.90 Å². The van der Waals surface area contributed by atoms with Crippen molar-refractivity contribution >= 4 is 35.1 Å². The van der Waals surface area contributed by atoms with Crippen molar-refractivity contribution in [2.24, 2.45) is 5.92 Å². The number of nitrogens with zero attached hydrogens (tertiary/aromatic N) is 1. The van der Waals surface area contributed by atoms with Gasteiger partial charge in [0.05, 0.1) is 16.0 Å². The first-order valence-corrected chi connectivity index (χ1v) is 8.85. The number of carboxylic acids is 1. The van der Waals surface area contributed by atoms with Crippen LogP contribution < -0.4 is 4.74 Å². The third-order valence-electron chi connectivity index (χ3n) is 4.28. The van der Waals surface area contributed by atoms with Crippen LogP contribution in [0.1, 0.15) is 17.5 Å². The minimum atomic E-state index is -0.940. The Morgan fingerprint density at radius 3 is 2.65 bits per heavy atom. The van der Waals surface area contributed by atoms with Gasteiger partial charge in [-0.1, -0.05) is 47.5 Å². The van der Waals surface area contributed by atoms with Crippen LogP contribution >= 0.6 is 23.2 Å². The van der Waals surface area contributed by atoms with E-state index in [9.17, 15) is 9.59 Å². The second kappa shape index (κ2) is 7.98. The highest BCUT2D eigenvalue weighted by atomic mass is 35.5. The van der Waals surface area contributed by atoms with E-state index in [1.807, 2.05) is 30.3 Å². The Hall–Kier alpha value is -2.24. The van der Waals surface area contributed by atoms with Crippen molar-refractivity contribution in [2.45, 2.75) is 19.6 Å². The van der Waals surface area contributed by atoms with E-state index in [1.54, 1.807) is 17.0 Å². The van der Waals surface area contributed by atoms with Gasteiger partial charge in [-0.2, -0.15) is 0 Å². The average molecular weight is 394 g/mol. The zero-order valence-electron chi connectivity index (χ0n) is 13.8. The number of aliphatic carboxylic acids is 1. The van der Waals surface area contributed by atoms with Crippen molar-refractivity contribution in [1.29, 1.82) is 0 Å². The normalized spacial score (nSPS) is 16.8. The SMILES string of the molecule is O=C(O)C1CC(=O)N(Cc2ccccc2OCc2ccc(Cl)c(Cl)c2)C1. The fourth-order valence-corrected chi connectivity index (χ4v) is 3.18. The highest BCUT2D eigenvalue weighted by Crippen LogP contribution is 2.27. The molecule has 136 valence electrons. The third-order valence-corrected chi connectivity index (χ3v) is 5.01. The molecule has 1 amide bonds. The van der Waals surface area contributed by atoms with E-state index in [0.717, 1.165) is 11.1 Å². The fraction of sp³-hybridized carbons (Fsp3) is 0.263. The first kappa shape index (κ1) is 18.5. The van der Waals surface area contributed by atoms with Gasteiger partial charge in [0.2, 0.25) is 5.91 Å². The van der Waals surface area contributed by atoms with E-state index in [-0.39, 0.29) is 18.9 Å². The van der Waals surface area contributed by atoms with Gasteiger partial charge in [-0.25, -0.2) is 0 Å². The topological polar surface area (TPSA) is 66.8 Å². The predicted molar refractivity (Wildman–Crippen MR) is 98.4 cm³/mol. The summed E-state index contributed by atoms with van der Waals surface area (Å²) in [7, 11) is 0. The molecule has 1 saturated heterocycles. The smallest absolute Gasteiger partial charge is 0.308 e. The maximum Gasteiger partial charge on any atom is 0.308 e. The largest absolute Gasteiger partial charge is 0.489 e. The molecule has 5 nitrogen and oxygen atoms in total. The number of hydrogen-bond acceptors (Lipinski definition) is 3. The van der Waals surface area contributed by atoms with Crippen LogP contribution in [-0.2, 0) is 22.7 Å². The van der Waals surface area contributed by atoms with E-state index in [0.29, 0.717) is 28.9 Å². The zero-order chi connectivity index (χ0) is 18.7. The Morgan fingerprint density at radius 2 is 1.96 bits per heavy atom. The summed E-state index contributed by atoms with van der Waals surface area (Å²) in [6, 6.07) is 12.7. The van der Waals surface area contributed by atoms with Crippen LogP contribution in [0.5, 0.6) is 5.75 Å². The Morgan fingerprint density at radius 1 is 1.19 bits per heavy atom. The quantitative estimate of drug-likeness (QED) is 0.804. The molecule has 0 spiro atoms. The molecule has 1 fully saturated rings. The third kappa shape index (κ3) is 4.29. The summed E-state index contributed by atoms with van der Waals surface area (Å²) < 4.78 is 5.88. The molecular weight excluding hydrogens is 377 g/mol. The van der Waals surface area contributed by atoms with Crippen LogP contribution in [0, 0.1) is 5.92 Å². The molecule has 0 aromatic heterocycles. The molecule has 0 saturated carbocycles. The maximum absolute atomic E-state index is 12.0. The molecule has 2 aromatic carbocycles. The van der Waals surface area contributed by atoms with Crippen LogP contribution in [0.4, 0.5) is 0 Å². The van der Waals surface area contributed by atoms with Gasteiger partial charge in [-0.3, -0.25) is 9.59 Å². The van der Waals surface area contributed by atoms with Crippen molar-refractivity contribution in [3.05, 3.63) is 63.6 Å². The molecule has 1 aliphatic rings. The van der Waals surface area contributed by atoms with Gasteiger partial charge in [-0.05, 0) is 23.8 Å². The van der Waals surface area contributed by atoms with Crippen molar-refractivity contribution in [3.8, 4) is 5.75 Å². The molecule has 0 bridgehead atoms. The number of hydrogen-bond donors (Lipinski definition) is 1. The lowest BCUT2D eigenvalue weighted by Crippen LogP contribution is -2.26. The van der Waals surface area contributed by atoms with E-state index < -0.39 is 11.9 Å². The Labute approximate surface area is 161 Å². The predicted octanol–water partition coefficient (Wildman–Crippen LogP) is 4.01. The van der Waals surface area contributed by atoms with E-state index in [1.165, 1.54) is 0 Å². The Kier molecular flexibility index (Phi) is 5.69. The van der Waals surface area contributed by atoms with Crippen LogP contribution in [0.15, 0.2) is 42.5 Å². The summed E-state index contributed by atoms with van der Waals surface area (Å²) in [4.78, 5) is 24.7. The first-order chi connectivity index (χ1) is 12.4. The highest BCUT2D eigenvalue weighted by Gasteiger charge is 2.34. The van der Waals surface area contributed by atoms with E-state index in [4.69, 9.17) is 33.0 Å². The van der Waals surface area contributed by atoms with Crippen molar-refractivity contribution < 1.29 is 19.4 Å². The maximum atomic E-state index is 12.0. The Balaban J connectivity index is 1.69. The molecule has 2 aromatic rings. The molecule has 7 heteroatoms. The summed E-state index contributed by atoms with van der Waals surface area (Å²) in [6.07, 6.45) is 0.0433. The number of para-hydroxylation sites is 1. The number of carbonyl (C=O) groups excluding carboxylic acids is 1. The zero-order valence-corrected chi connectivity index (χ0v) is 15.3. The summed E-state index contributed by atoms with van der Waals surface area (Å²) in [6.45, 7) is 0.842. The van der Waals surface area contributed by atoms with E-state index >= 15 is 0 Å². The van der Waals surface area contributed by atoms with Gasteiger partial charge < -0.3 is 14.7 Å². The van der Waals surface area contributed by atoms with Gasteiger partial charge in [-0.15, -0.1) is 0 Å². The van der Waals surface area contributed by atoms with Gasteiger partial charge in [0.1, 0.15) is 12.4 Å². The number of carbonyl (C=O) groups is 2. The Bertz CT molecular complexity index is 840. The number of benzene rings is 2. The molecule has 3 rings (SSSR count). The molecule has 26 heavy (non-hydrogen) atoms. The first-order valence-electron chi connectivity index (χ1n) is 8.09. The average Bonchev–Trinajstić information content (AvgIpc) is 2.98. The van der Waals surface area contributed by atoms with E-state index in [2.05, 4.69) is 0 Å². The van der Waals surface area contributed by atoms with Crippen LogP contribution in [0.3, 0.4) is 0 Å². The molecule has 1 unspecified atom stereocenters. The van der Waals surface area contributed by atoms with Crippen LogP contribution in [0.2, 0.25) is 10.0 Å². The monoisotopic (exact) mass is 393 g/mol. The molecule has 1 aliphatic heterocycles. The summed E-state index contributed by atoms with van der Waals surface area (Å²) in [5.74, 6) is -1.10. The summed E-state index contributed by atoms with van der Waals surface area (Å²) >= 11 is 11.9. The minimum absolute atomic E-state index is 0.0433. The van der Waals surface area contributed by atoms with Crippen LogP contribution in [0.25, 0.3) is 0 Å². The lowest BCUT2D eigenvalue weighted by Gasteiger charge is -2.19. The second-order valence-corrected chi connectivity index (χ2v) is 6.97. The fourth-order valence-electron chi connectivity index (χ4n) is 2.86. The van der Waals surface area contributed by atoms with Crippen molar-refractivity contribution in [2.75, 3.05) is 6.54 Å². The van der Waals surface area contributed by atoms with Gasteiger partial charge in [0.15, 0.2) is 0 Å². The molecule has 1 heterocycles. The number of amides is 1. The molecule has 1 atom stereocenters. The van der Waals surface area contributed by atoms with Gasteiger partial charge in [0, 0.05) is 25.1 Å². The van der Waals surface area contributed by atoms with Gasteiger partial charge in [0.25, 0.3) is 0 Å². The molecule has 1 N–H and O–H groups in total. The minimum Gasteiger partial charge on any atom is -0.489 e. The number of ether oxygens (including phenoxy) is 1. The van der Waals surface area contributed by atoms with Crippen LogP contribution in [-0.4, -0.2) is 28.4 Å². The number of halogens is 2. The van der Waals surface area contributed by atoms with Crippen molar-refractivity contribution in [3.63, 3.8) is 0 Å². The standard InChI is InChI=1S/C19H17Cl2NO4/c20-15-6-5-12(7-16(15)21)11-26-17-4-2-1-3-13(17)9-22-10-14(19(24)25)8-18(22)23/h1-7,14H,8-11H2,(H,24,25).